The molecule has 0 bridgehead atoms. The van der Waals surface area contributed by atoms with Crippen LogP contribution in [0, 0.1) is 13.8 Å². The van der Waals surface area contributed by atoms with Crippen molar-refractivity contribution >= 4 is 71.3 Å². The summed E-state index contributed by atoms with van der Waals surface area (Å²) in [5.41, 5.74) is 12.4. The predicted octanol–water partition coefficient (Wildman–Crippen LogP) is 14.5. The summed E-state index contributed by atoms with van der Waals surface area (Å²) < 4.78 is 6.66. The van der Waals surface area contributed by atoms with Crippen molar-refractivity contribution in [2.24, 2.45) is 0 Å². The molecule has 0 spiro atoms. The van der Waals surface area contributed by atoms with Crippen LogP contribution < -0.4 is 4.90 Å². The van der Waals surface area contributed by atoms with Crippen LogP contribution in [0.3, 0.4) is 0 Å². The average Bonchev–Trinajstić information content (AvgIpc) is 3.56. The highest BCUT2D eigenvalue weighted by Crippen LogP contribution is 2.48. The number of hydrogen-bond donors (Lipinski definition) is 0. The van der Waals surface area contributed by atoms with Crippen LogP contribution in [-0.4, -0.2) is 0 Å². The molecular formula is C50H35NO. The van der Waals surface area contributed by atoms with E-state index in [-0.39, 0.29) is 0 Å². The maximum atomic E-state index is 6.66. The molecule has 0 aliphatic carbocycles. The SMILES string of the molecule is Cc1cccc(N(c2ccc(-c3c4ccccc4c(-c4cccc5c4oc4ccccc45)c4cc5ccccc5cc34)cc2)c2cccc(C)c2)c1. The van der Waals surface area contributed by atoms with Gasteiger partial charge in [0.15, 0.2) is 0 Å². The minimum atomic E-state index is 0.908. The van der Waals surface area contributed by atoms with E-state index in [2.05, 4.69) is 189 Å². The number of aryl methyl sites for hydroxylation is 2. The third kappa shape index (κ3) is 4.87. The molecule has 0 atom stereocenters. The number of rotatable bonds is 5. The number of fused-ring (bicyclic) bond motifs is 6. The molecule has 0 saturated carbocycles. The van der Waals surface area contributed by atoms with Gasteiger partial charge in [-0.3, -0.25) is 0 Å². The molecule has 0 aliphatic rings. The van der Waals surface area contributed by atoms with Crippen LogP contribution in [0.5, 0.6) is 0 Å². The van der Waals surface area contributed by atoms with Crippen LogP contribution in [0.1, 0.15) is 11.1 Å². The maximum absolute atomic E-state index is 6.66. The Kier molecular flexibility index (Phi) is 6.97. The zero-order chi connectivity index (χ0) is 34.8. The van der Waals surface area contributed by atoms with Crippen LogP contribution in [-0.2, 0) is 0 Å². The molecule has 0 N–H and O–H groups in total. The van der Waals surface area contributed by atoms with Gasteiger partial charge in [-0.2, -0.15) is 0 Å². The molecule has 9 aromatic carbocycles. The van der Waals surface area contributed by atoms with E-state index in [1.165, 1.54) is 60.1 Å². The summed E-state index contributed by atoms with van der Waals surface area (Å²) in [6.45, 7) is 4.30. The highest BCUT2D eigenvalue weighted by molar-refractivity contribution is 6.26. The summed E-state index contributed by atoms with van der Waals surface area (Å²) in [6.07, 6.45) is 0. The fourth-order valence-electron chi connectivity index (χ4n) is 8.17. The Labute approximate surface area is 302 Å². The van der Waals surface area contributed by atoms with Crippen molar-refractivity contribution in [3.63, 3.8) is 0 Å². The first-order valence-electron chi connectivity index (χ1n) is 17.9. The number of furan rings is 1. The van der Waals surface area contributed by atoms with Crippen LogP contribution in [0.4, 0.5) is 17.1 Å². The molecule has 1 aromatic heterocycles. The number of benzene rings is 9. The molecule has 2 heteroatoms. The van der Waals surface area contributed by atoms with Gasteiger partial charge < -0.3 is 9.32 Å². The minimum Gasteiger partial charge on any atom is -0.455 e. The van der Waals surface area contributed by atoms with E-state index in [0.717, 1.165) is 44.6 Å². The summed E-state index contributed by atoms with van der Waals surface area (Å²) in [7, 11) is 0. The lowest BCUT2D eigenvalue weighted by atomic mass is 9.84. The van der Waals surface area contributed by atoms with E-state index in [9.17, 15) is 0 Å². The lowest BCUT2D eigenvalue weighted by molar-refractivity contribution is 0.670. The van der Waals surface area contributed by atoms with Crippen molar-refractivity contribution < 1.29 is 4.42 Å². The third-order valence-electron chi connectivity index (χ3n) is 10.5. The summed E-state index contributed by atoms with van der Waals surface area (Å²) in [5, 5.41) is 9.58. The fourth-order valence-corrected chi connectivity index (χ4v) is 8.17. The second kappa shape index (κ2) is 12.0. The Morgan fingerprint density at radius 2 is 0.923 bits per heavy atom. The molecule has 246 valence electrons. The molecule has 10 rings (SSSR count). The molecule has 0 saturated heterocycles. The van der Waals surface area contributed by atoms with Gasteiger partial charge in [0.05, 0.1) is 0 Å². The van der Waals surface area contributed by atoms with E-state index < -0.39 is 0 Å². The van der Waals surface area contributed by atoms with Crippen LogP contribution in [0.2, 0.25) is 0 Å². The molecule has 0 aliphatic heterocycles. The first-order chi connectivity index (χ1) is 25.6. The van der Waals surface area contributed by atoms with Gasteiger partial charge in [-0.05, 0) is 123 Å². The summed E-state index contributed by atoms with van der Waals surface area (Å²) >= 11 is 0. The van der Waals surface area contributed by atoms with E-state index in [4.69, 9.17) is 4.42 Å². The highest BCUT2D eigenvalue weighted by Gasteiger charge is 2.21. The Hall–Kier alpha value is -6.64. The lowest BCUT2D eigenvalue weighted by Crippen LogP contribution is -2.10. The van der Waals surface area contributed by atoms with E-state index in [0.29, 0.717) is 0 Å². The van der Waals surface area contributed by atoms with Crippen LogP contribution >= 0.6 is 0 Å². The quantitative estimate of drug-likeness (QED) is 0.170. The zero-order valence-electron chi connectivity index (χ0n) is 29.1. The molecular weight excluding hydrogens is 631 g/mol. The first-order valence-corrected chi connectivity index (χ1v) is 17.9. The number of anilines is 3. The minimum absolute atomic E-state index is 0.908. The van der Waals surface area contributed by atoms with Gasteiger partial charge in [0.1, 0.15) is 11.2 Å². The molecule has 2 nitrogen and oxygen atoms in total. The van der Waals surface area contributed by atoms with E-state index in [1.54, 1.807) is 0 Å². The molecule has 0 radical (unpaired) electrons. The van der Waals surface area contributed by atoms with Crippen molar-refractivity contribution in [1.29, 1.82) is 0 Å². The Morgan fingerprint density at radius 3 is 1.58 bits per heavy atom. The van der Waals surface area contributed by atoms with Crippen molar-refractivity contribution in [3.8, 4) is 22.3 Å². The average molecular weight is 666 g/mol. The predicted molar refractivity (Wildman–Crippen MR) is 221 cm³/mol. The smallest absolute Gasteiger partial charge is 0.143 e. The van der Waals surface area contributed by atoms with Gasteiger partial charge in [-0.1, -0.05) is 121 Å². The fraction of sp³-hybridized carbons (Fsp3) is 0.0400. The first kappa shape index (κ1) is 30.2. The largest absolute Gasteiger partial charge is 0.455 e. The zero-order valence-corrected chi connectivity index (χ0v) is 29.1. The molecule has 0 fully saturated rings. The normalized spacial score (nSPS) is 11.7. The molecule has 10 aromatic rings. The topological polar surface area (TPSA) is 16.4 Å². The maximum Gasteiger partial charge on any atom is 0.143 e. The highest BCUT2D eigenvalue weighted by atomic mass is 16.3. The molecule has 0 unspecified atom stereocenters. The van der Waals surface area contributed by atoms with Crippen LogP contribution in [0.25, 0.3) is 76.5 Å². The van der Waals surface area contributed by atoms with Crippen molar-refractivity contribution in [1.82, 2.24) is 0 Å². The lowest BCUT2D eigenvalue weighted by Gasteiger charge is -2.26. The monoisotopic (exact) mass is 665 g/mol. The second-order valence-electron chi connectivity index (χ2n) is 13.9. The third-order valence-corrected chi connectivity index (χ3v) is 10.5. The van der Waals surface area contributed by atoms with E-state index in [1.807, 2.05) is 6.07 Å². The van der Waals surface area contributed by atoms with Gasteiger partial charge in [-0.25, -0.2) is 0 Å². The Bertz CT molecular complexity index is 2940. The summed E-state index contributed by atoms with van der Waals surface area (Å²) in [5.74, 6) is 0. The van der Waals surface area contributed by atoms with Crippen molar-refractivity contribution in [3.05, 3.63) is 187 Å². The molecule has 0 amide bonds. The standard InChI is InChI=1S/C50H35NO/c1-32-12-9-16-38(28-32)51(39-17-10-13-33(2)29-39)37-26-24-34(25-27-37)48-41-19-5-6-20-42(41)49(46-31-36-15-4-3-14-35(36)30-45(46)48)44-22-11-21-43-40-18-7-8-23-47(40)52-50(43)44/h3-31H,1-2H3. The van der Waals surface area contributed by atoms with Crippen molar-refractivity contribution in [2.75, 3.05) is 4.90 Å². The van der Waals surface area contributed by atoms with Gasteiger partial charge >= 0.3 is 0 Å². The van der Waals surface area contributed by atoms with Gasteiger partial charge in [0.2, 0.25) is 0 Å². The van der Waals surface area contributed by atoms with E-state index >= 15 is 0 Å². The van der Waals surface area contributed by atoms with Crippen molar-refractivity contribution in [2.45, 2.75) is 13.8 Å². The second-order valence-corrected chi connectivity index (χ2v) is 13.9. The van der Waals surface area contributed by atoms with Crippen LogP contribution in [0.15, 0.2) is 180 Å². The molecule has 1 heterocycles. The summed E-state index contributed by atoms with van der Waals surface area (Å²) in [6, 6.07) is 63.8. The number of para-hydroxylation sites is 2. The van der Waals surface area contributed by atoms with Gasteiger partial charge in [-0.15, -0.1) is 0 Å². The molecule has 52 heavy (non-hydrogen) atoms. The summed E-state index contributed by atoms with van der Waals surface area (Å²) in [4.78, 5) is 2.35. The number of hydrogen-bond acceptors (Lipinski definition) is 2. The number of nitrogens with zero attached hydrogens (tertiary/aromatic N) is 1. The Balaban J connectivity index is 1.24. The Morgan fingerprint density at radius 1 is 0.385 bits per heavy atom. The van der Waals surface area contributed by atoms with Gasteiger partial charge in [0.25, 0.3) is 0 Å². The van der Waals surface area contributed by atoms with Gasteiger partial charge in [0, 0.05) is 39.0 Å².